The van der Waals surface area contributed by atoms with Crippen molar-refractivity contribution in [3.8, 4) is 0 Å². The number of aryl methyl sites for hydroxylation is 2. The predicted octanol–water partition coefficient (Wildman–Crippen LogP) is 2.55. The van der Waals surface area contributed by atoms with E-state index in [-0.39, 0.29) is 21.0 Å². The molecule has 0 atom stereocenters. The summed E-state index contributed by atoms with van der Waals surface area (Å²) in [4.78, 5) is 24.2. The summed E-state index contributed by atoms with van der Waals surface area (Å²) in [5.74, 6) is -1.42. The topological polar surface area (TPSA) is 162 Å². The van der Waals surface area contributed by atoms with E-state index in [1.165, 1.54) is 54.6 Å². The fourth-order valence-electron chi connectivity index (χ4n) is 2.91. The number of carbonyl (C=O) groups is 2. The number of primary sulfonamides is 1. The second-order valence-electron chi connectivity index (χ2n) is 7.62. The first-order valence-electron chi connectivity index (χ1n) is 10.2. The molecule has 0 fully saturated rings. The molecular formula is C23H23N3O7S2. The molecule has 12 heteroatoms. The quantitative estimate of drug-likeness (QED) is 0.387. The van der Waals surface area contributed by atoms with Gasteiger partial charge in [-0.15, -0.1) is 0 Å². The number of carbonyl (C=O) groups excluding carboxylic acids is 2. The van der Waals surface area contributed by atoms with Gasteiger partial charge in [-0.1, -0.05) is 6.07 Å². The second kappa shape index (κ2) is 10.3. The third-order valence-corrected chi connectivity index (χ3v) is 7.27. The van der Waals surface area contributed by atoms with Gasteiger partial charge in [0.1, 0.15) is 0 Å². The van der Waals surface area contributed by atoms with Gasteiger partial charge >= 0.3 is 5.97 Å². The molecule has 1 amide bonds. The first-order valence-corrected chi connectivity index (χ1v) is 13.2. The summed E-state index contributed by atoms with van der Waals surface area (Å²) in [5.41, 5.74) is 2.47. The Morgan fingerprint density at radius 3 is 1.94 bits per heavy atom. The van der Waals surface area contributed by atoms with Crippen LogP contribution in [-0.4, -0.2) is 35.3 Å². The molecule has 10 nitrogen and oxygen atoms in total. The van der Waals surface area contributed by atoms with Crippen molar-refractivity contribution in [3.63, 3.8) is 0 Å². The van der Waals surface area contributed by atoms with Crippen LogP contribution in [0.2, 0.25) is 0 Å². The molecule has 0 radical (unpaired) electrons. The van der Waals surface area contributed by atoms with E-state index in [1.54, 1.807) is 12.1 Å². The average Bonchev–Trinajstić information content (AvgIpc) is 2.79. The van der Waals surface area contributed by atoms with Gasteiger partial charge in [-0.05, 0) is 85.6 Å². The van der Waals surface area contributed by atoms with Crippen LogP contribution in [0.3, 0.4) is 0 Å². The largest absolute Gasteiger partial charge is 0.452 e. The molecule has 3 aromatic rings. The average molecular weight is 518 g/mol. The highest BCUT2D eigenvalue weighted by Crippen LogP contribution is 2.19. The third-order valence-electron chi connectivity index (χ3n) is 4.96. The summed E-state index contributed by atoms with van der Waals surface area (Å²) < 4.78 is 55.1. The van der Waals surface area contributed by atoms with Crippen molar-refractivity contribution in [2.24, 2.45) is 5.14 Å². The lowest BCUT2D eigenvalue weighted by Crippen LogP contribution is -2.21. The monoisotopic (exact) mass is 517 g/mol. The molecule has 184 valence electrons. The zero-order valence-corrected chi connectivity index (χ0v) is 20.4. The molecule has 3 aromatic carbocycles. The molecule has 0 aromatic heterocycles. The van der Waals surface area contributed by atoms with E-state index in [0.717, 1.165) is 11.1 Å². The van der Waals surface area contributed by atoms with Crippen LogP contribution in [-0.2, 0) is 29.6 Å². The van der Waals surface area contributed by atoms with Crippen LogP contribution < -0.4 is 15.2 Å². The van der Waals surface area contributed by atoms with Crippen LogP contribution in [0.4, 0.5) is 11.4 Å². The molecule has 0 aliphatic heterocycles. The molecule has 0 bridgehead atoms. The highest BCUT2D eigenvalue weighted by Gasteiger charge is 2.16. The van der Waals surface area contributed by atoms with Crippen LogP contribution in [0.25, 0.3) is 0 Å². The van der Waals surface area contributed by atoms with E-state index >= 15 is 0 Å². The SMILES string of the molecule is Cc1ccc(S(=O)(=O)Nc2ccc(C(=O)OCC(=O)Nc3ccc(S(N)(=O)=O)cc3)cc2)cc1C. The van der Waals surface area contributed by atoms with Crippen molar-refractivity contribution >= 4 is 43.3 Å². The Kier molecular flexibility index (Phi) is 7.58. The van der Waals surface area contributed by atoms with Crippen LogP contribution in [0, 0.1) is 13.8 Å². The standard InChI is InChI=1S/C23H23N3O7S2/c1-15-3-10-21(13-16(15)2)35(31,32)26-19-6-4-17(5-7-19)23(28)33-14-22(27)25-18-8-11-20(12-9-18)34(24,29)30/h3-13,26H,14H2,1-2H3,(H,25,27)(H2,24,29,30). The first kappa shape index (κ1) is 25.9. The lowest BCUT2D eigenvalue weighted by molar-refractivity contribution is -0.119. The number of nitrogens with one attached hydrogen (secondary N) is 2. The summed E-state index contributed by atoms with van der Waals surface area (Å²) in [6, 6.07) is 15.5. The number of hydrogen-bond acceptors (Lipinski definition) is 7. The fraction of sp³-hybridized carbons (Fsp3) is 0.130. The highest BCUT2D eigenvalue weighted by atomic mass is 32.2. The maximum absolute atomic E-state index is 12.6. The smallest absolute Gasteiger partial charge is 0.338 e. The van der Waals surface area contributed by atoms with Crippen LogP contribution in [0.15, 0.2) is 76.5 Å². The number of esters is 1. The van der Waals surface area contributed by atoms with E-state index in [2.05, 4.69) is 10.0 Å². The molecule has 0 spiro atoms. The second-order valence-corrected chi connectivity index (χ2v) is 10.9. The van der Waals surface area contributed by atoms with Crippen molar-refractivity contribution in [2.45, 2.75) is 23.6 Å². The molecule has 0 aliphatic rings. The molecule has 0 unspecified atom stereocenters. The van der Waals surface area contributed by atoms with Crippen molar-refractivity contribution in [2.75, 3.05) is 16.6 Å². The van der Waals surface area contributed by atoms with Gasteiger partial charge in [-0.2, -0.15) is 0 Å². The minimum atomic E-state index is -3.85. The third kappa shape index (κ3) is 6.88. The number of ether oxygens (including phenoxy) is 1. The number of rotatable bonds is 8. The van der Waals surface area contributed by atoms with Crippen LogP contribution >= 0.6 is 0 Å². The first-order chi connectivity index (χ1) is 16.3. The normalized spacial score (nSPS) is 11.5. The fourth-order valence-corrected chi connectivity index (χ4v) is 4.57. The number of benzene rings is 3. The van der Waals surface area contributed by atoms with Gasteiger partial charge in [-0.25, -0.2) is 26.8 Å². The number of anilines is 2. The molecule has 0 heterocycles. The number of sulfonamides is 2. The maximum Gasteiger partial charge on any atom is 0.338 e. The summed E-state index contributed by atoms with van der Waals surface area (Å²) in [7, 11) is -7.66. The Bertz CT molecular complexity index is 1470. The Morgan fingerprint density at radius 1 is 0.800 bits per heavy atom. The van der Waals surface area contributed by atoms with Crippen LogP contribution in [0.5, 0.6) is 0 Å². The van der Waals surface area contributed by atoms with E-state index in [4.69, 9.17) is 9.88 Å². The van der Waals surface area contributed by atoms with E-state index in [9.17, 15) is 26.4 Å². The minimum Gasteiger partial charge on any atom is -0.452 e. The molecule has 35 heavy (non-hydrogen) atoms. The van der Waals surface area contributed by atoms with E-state index in [1.807, 2.05) is 13.8 Å². The van der Waals surface area contributed by atoms with E-state index < -0.39 is 38.5 Å². The Labute approximate surface area is 203 Å². The zero-order chi connectivity index (χ0) is 25.8. The van der Waals surface area contributed by atoms with Gasteiger partial charge in [0.2, 0.25) is 10.0 Å². The van der Waals surface area contributed by atoms with Gasteiger partial charge < -0.3 is 10.1 Å². The minimum absolute atomic E-state index is 0.110. The van der Waals surface area contributed by atoms with Crippen molar-refractivity contribution in [1.82, 2.24) is 0 Å². The maximum atomic E-state index is 12.6. The van der Waals surface area contributed by atoms with Gasteiger partial charge in [0.25, 0.3) is 15.9 Å². The van der Waals surface area contributed by atoms with Gasteiger partial charge in [0.05, 0.1) is 15.4 Å². The Hall–Kier alpha value is -3.74. The summed E-state index contributed by atoms with van der Waals surface area (Å²) >= 11 is 0. The van der Waals surface area contributed by atoms with E-state index in [0.29, 0.717) is 5.69 Å². The molecular weight excluding hydrogens is 494 g/mol. The Morgan fingerprint density at radius 2 is 1.37 bits per heavy atom. The van der Waals surface area contributed by atoms with Crippen molar-refractivity contribution in [1.29, 1.82) is 0 Å². The summed E-state index contributed by atoms with van der Waals surface area (Å²) in [6.07, 6.45) is 0. The lowest BCUT2D eigenvalue weighted by Gasteiger charge is -2.10. The molecule has 4 N–H and O–H groups in total. The zero-order valence-electron chi connectivity index (χ0n) is 18.8. The summed E-state index contributed by atoms with van der Waals surface area (Å²) in [6.45, 7) is 3.12. The van der Waals surface area contributed by atoms with Gasteiger partial charge in [0.15, 0.2) is 6.61 Å². The number of amides is 1. The summed E-state index contributed by atoms with van der Waals surface area (Å²) in [5, 5.41) is 7.47. The molecule has 0 saturated heterocycles. The van der Waals surface area contributed by atoms with Crippen molar-refractivity contribution < 1.29 is 31.2 Å². The lowest BCUT2D eigenvalue weighted by atomic mass is 10.1. The Balaban J connectivity index is 1.56. The number of nitrogens with two attached hydrogens (primary N) is 1. The molecule has 3 rings (SSSR count). The van der Waals surface area contributed by atoms with Crippen LogP contribution in [0.1, 0.15) is 21.5 Å². The molecule has 0 aliphatic carbocycles. The number of hydrogen-bond donors (Lipinski definition) is 3. The highest BCUT2D eigenvalue weighted by molar-refractivity contribution is 7.92. The van der Waals surface area contributed by atoms with Gasteiger partial charge in [-0.3, -0.25) is 9.52 Å². The van der Waals surface area contributed by atoms with Gasteiger partial charge in [0, 0.05) is 11.4 Å². The van der Waals surface area contributed by atoms with Crippen molar-refractivity contribution in [3.05, 3.63) is 83.4 Å². The molecule has 0 saturated carbocycles. The predicted molar refractivity (Wildman–Crippen MR) is 130 cm³/mol.